The molecule has 0 amide bonds. The molecule has 0 saturated heterocycles. The summed E-state index contributed by atoms with van der Waals surface area (Å²) in [5.41, 5.74) is 2.06. The van der Waals surface area contributed by atoms with Crippen LogP contribution in [-0.4, -0.2) is 13.5 Å². The van der Waals surface area contributed by atoms with Crippen molar-refractivity contribution in [3.8, 4) is 5.75 Å². The Morgan fingerprint density at radius 1 is 1.36 bits per heavy atom. The minimum atomic E-state index is -3.63. The van der Waals surface area contributed by atoms with E-state index in [0.717, 1.165) is 11.1 Å². The molecule has 1 N–H and O–H groups in total. The van der Waals surface area contributed by atoms with Gasteiger partial charge in [0, 0.05) is 16.2 Å². The monoisotopic (exact) mass is 234 g/mol. The van der Waals surface area contributed by atoms with Crippen molar-refractivity contribution in [1.82, 2.24) is 0 Å². The summed E-state index contributed by atoms with van der Waals surface area (Å²) in [6, 6.07) is 3.20. The van der Waals surface area contributed by atoms with Gasteiger partial charge in [0.05, 0.1) is 5.75 Å². The van der Waals surface area contributed by atoms with Gasteiger partial charge in [-0.1, -0.05) is 6.07 Å². The predicted octanol–water partition coefficient (Wildman–Crippen LogP) is 2.08. The van der Waals surface area contributed by atoms with Crippen molar-refractivity contribution in [3.63, 3.8) is 0 Å². The third-order valence-corrected chi connectivity index (χ3v) is 3.12. The van der Waals surface area contributed by atoms with E-state index in [9.17, 15) is 13.5 Å². The van der Waals surface area contributed by atoms with Crippen molar-refractivity contribution in [2.24, 2.45) is 0 Å². The average Bonchev–Trinajstić information content (AvgIpc) is 2.04. The number of benzene rings is 1. The van der Waals surface area contributed by atoms with Crippen molar-refractivity contribution < 1.29 is 13.5 Å². The van der Waals surface area contributed by atoms with E-state index in [1.807, 2.05) is 6.92 Å². The van der Waals surface area contributed by atoms with Crippen LogP contribution in [0.2, 0.25) is 0 Å². The van der Waals surface area contributed by atoms with E-state index in [2.05, 4.69) is 0 Å². The van der Waals surface area contributed by atoms with Gasteiger partial charge in [0.1, 0.15) is 5.75 Å². The summed E-state index contributed by atoms with van der Waals surface area (Å²) in [4.78, 5) is 0. The summed E-state index contributed by atoms with van der Waals surface area (Å²) in [6.45, 7) is 3.60. The number of halogens is 1. The maximum absolute atomic E-state index is 10.9. The molecule has 0 aromatic heterocycles. The van der Waals surface area contributed by atoms with Crippen LogP contribution in [0.3, 0.4) is 0 Å². The molecule has 3 nitrogen and oxygen atoms in total. The molecule has 0 radical (unpaired) electrons. The summed E-state index contributed by atoms with van der Waals surface area (Å²) in [7, 11) is 1.50. The fourth-order valence-electron chi connectivity index (χ4n) is 1.21. The van der Waals surface area contributed by atoms with Crippen LogP contribution in [0.1, 0.15) is 16.7 Å². The number of aryl methyl sites for hydroxylation is 1. The highest BCUT2D eigenvalue weighted by Crippen LogP contribution is 2.26. The van der Waals surface area contributed by atoms with E-state index in [0.29, 0.717) is 5.56 Å². The molecule has 0 aliphatic rings. The summed E-state index contributed by atoms with van der Waals surface area (Å²) >= 11 is 0. The van der Waals surface area contributed by atoms with Gasteiger partial charge < -0.3 is 5.11 Å². The second-order valence-electron chi connectivity index (χ2n) is 3.19. The number of rotatable bonds is 2. The molecule has 0 saturated carbocycles. The zero-order valence-electron chi connectivity index (χ0n) is 7.91. The van der Waals surface area contributed by atoms with Crippen LogP contribution < -0.4 is 0 Å². The van der Waals surface area contributed by atoms with Gasteiger partial charge in [-0.2, -0.15) is 0 Å². The lowest BCUT2D eigenvalue weighted by Gasteiger charge is -2.08. The van der Waals surface area contributed by atoms with Gasteiger partial charge in [-0.25, -0.2) is 8.42 Å². The first kappa shape index (κ1) is 11.3. The van der Waals surface area contributed by atoms with Crippen molar-refractivity contribution in [2.75, 3.05) is 0 Å². The van der Waals surface area contributed by atoms with Crippen LogP contribution in [-0.2, 0) is 14.8 Å². The van der Waals surface area contributed by atoms with E-state index in [-0.39, 0.29) is 11.5 Å². The van der Waals surface area contributed by atoms with Crippen LogP contribution in [0, 0.1) is 13.8 Å². The number of hydrogen-bond donors (Lipinski definition) is 1. The maximum Gasteiger partial charge on any atom is 0.236 e. The van der Waals surface area contributed by atoms with E-state index < -0.39 is 9.05 Å². The minimum Gasteiger partial charge on any atom is -0.508 e. The fraction of sp³-hybridized carbons (Fsp3) is 0.333. The zero-order chi connectivity index (χ0) is 10.9. The third-order valence-electron chi connectivity index (χ3n) is 2.16. The average molecular weight is 235 g/mol. The van der Waals surface area contributed by atoms with Gasteiger partial charge in [0.15, 0.2) is 0 Å². The molecule has 0 unspecified atom stereocenters. The molecule has 0 aliphatic carbocycles. The molecule has 0 spiro atoms. The predicted molar refractivity (Wildman–Crippen MR) is 56.1 cm³/mol. The molecule has 5 heteroatoms. The summed E-state index contributed by atoms with van der Waals surface area (Å²) in [5, 5.41) is 9.46. The number of hydrogen-bond acceptors (Lipinski definition) is 3. The van der Waals surface area contributed by atoms with Gasteiger partial charge in [-0.05, 0) is 31.0 Å². The molecular weight excluding hydrogens is 224 g/mol. The maximum atomic E-state index is 10.9. The Hall–Kier alpha value is -0.740. The largest absolute Gasteiger partial charge is 0.508 e. The molecular formula is C9H11ClO3S. The SMILES string of the molecule is Cc1ccc(O)c(CS(=O)(=O)Cl)c1C. The van der Waals surface area contributed by atoms with Crippen molar-refractivity contribution >= 4 is 19.7 Å². The van der Waals surface area contributed by atoms with Crippen LogP contribution in [0.15, 0.2) is 12.1 Å². The highest BCUT2D eigenvalue weighted by molar-refractivity contribution is 8.13. The molecule has 0 atom stereocenters. The first-order valence-electron chi connectivity index (χ1n) is 4.01. The molecule has 14 heavy (non-hydrogen) atoms. The Labute approximate surface area is 87.8 Å². The summed E-state index contributed by atoms with van der Waals surface area (Å²) in [5.74, 6) is -0.370. The molecule has 1 aromatic carbocycles. The van der Waals surface area contributed by atoms with Gasteiger partial charge in [0.25, 0.3) is 0 Å². The van der Waals surface area contributed by atoms with Gasteiger partial charge >= 0.3 is 0 Å². The molecule has 1 rings (SSSR count). The minimum absolute atomic E-state index is 0.0303. The molecule has 0 aliphatic heterocycles. The molecule has 0 bridgehead atoms. The Morgan fingerprint density at radius 3 is 2.43 bits per heavy atom. The van der Waals surface area contributed by atoms with E-state index >= 15 is 0 Å². The molecule has 1 aromatic rings. The Balaban J connectivity index is 3.27. The lowest BCUT2D eigenvalue weighted by atomic mass is 10.0. The highest BCUT2D eigenvalue weighted by atomic mass is 35.7. The van der Waals surface area contributed by atoms with E-state index in [1.165, 1.54) is 6.07 Å². The zero-order valence-corrected chi connectivity index (χ0v) is 9.48. The van der Waals surface area contributed by atoms with E-state index in [4.69, 9.17) is 10.7 Å². The Kier molecular flexibility index (Phi) is 3.07. The van der Waals surface area contributed by atoms with Gasteiger partial charge in [-0.15, -0.1) is 0 Å². The van der Waals surface area contributed by atoms with Gasteiger partial charge in [0.2, 0.25) is 9.05 Å². The number of aromatic hydroxyl groups is 1. The number of phenolic OH excluding ortho intramolecular Hbond substituents is 1. The third kappa shape index (κ3) is 2.62. The standard InChI is InChI=1S/C9H11ClO3S/c1-6-3-4-9(11)8(7(6)2)5-14(10,12)13/h3-4,11H,5H2,1-2H3. The second-order valence-corrected chi connectivity index (χ2v) is 5.97. The molecule has 0 fully saturated rings. The lowest BCUT2D eigenvalue weighted by Crippen LogP contribution is -1.99. The van der Waals surface area contributed by atoms with Crippen LogP contribution in [0.25, 0.3) is 0 Å². The first-order valence-corrected chi connectivity index (χ1v) is 6.49. The number of phenols is 1. The highest BCUT2D eigenvalue weighted by Gasteiger charge is 2.14. The Bertz CT molecular complexity index is 451. The normalized spacial score (nSPS) is 11.6. The fourth-order valence-corrected chi connectivity index (χ4v) is 2.25. The Morgan fingerprint density at radius 2 is 1.93 bits per heavy atom. The topological polar surface area (TPSA) is 54.4 Å². The summed E-state index contributed by atoms with van der Waals surface area (Å²) < 4.78 is 21.7. The quantitative estimate of drug-likeness (QED) is 0.798. The second kappa shape index (κ2) is 3.79. The lowest BCUT2D eigenvalue weighted by molar-refractivity contribution is 0.469. The van der Waals surface area contributed by atoms with Crippen LogP contribution in [0.4, 0.5) is 0 Å². The molecule has 0 heterocycles. The van der Waals surface area contributed by atoms with Crippen molar-refractivity contribution in [1.29, 1.82) is 0 Å². The van der Waals surface area contributed by atoms with Crippen LogP contribution >= 0.6 is 10.7 Å². The van der Waals surface area contributed by atoms with Crippen molar-refractivity contribution in [2.45, 2.75) is 19.6 Å². The van der Waals surface area contributed by atoms with E-state index in [1.54, 1.807) is 13.0 Å². The smallest absolute Gasteiger partial charge is 0.236 e. The van der Waals surface area contributed by atoms with Gasteiger partial charge in [-0.3, -0.25) is 0 Å². The van der Waals surface area contributed by atoms with Crippen LogP contribution in [0.5, 0.6) is 5.75 Å². The first-order chi connectivity index (χ1) is 6.31. The molecule has 78 valence electrons. The van der Waals surface area contributed by atoms with Crippen molar-refractivity contribution in [3.05, 3.63) is 28.8 Å². The summed E-state index contributed by atoms with van der Waals surface area (Å²) in [6.07, 6.45) is 0.